The van der Waals surface area contributed by atoms with Gasteiger partial charge in [-0.2, -0.15) is 0 Å². The minimum Gasteiger partial charge on any atom is -0.459 e. The third kappa shape index (κ3) is 3.19. The molecule has 3 nitrogen and oxygen atoms in total. The number of hydrogen-bond donors (Lipinski definition) is 0. The molecule has 0 radical (unpaired) electrons. The molecule has 1 heterocycles. The molecule has 0 aromatic rings. The van der Waals surface area contributed by atoms with Gasteiger partial charge in [-0.05, 0) is 18.1 Å². The normalized spacial score (nSPS) is 27.0. The smallest absolute Gasteiger partial charge is 0.308 e. The summed E-state index contributed by atoms with van der Waals surface area (Å²) in [6, 6.07) is 0. The van der Waals surface area contributed by atoms with Crippen LogP contribution in [0.25, 0.3) is 0 Å². The molecule has 0 amide bonds. The van der Waals surface area contributed by atoms with E-state index in [-0.39, 0.29) is 23.2 Å². The van der Waals surface area contributed by atoms with Gasteiger partial charge < -0.3 is 9.16 Å². The second kappa shape index (κ2) is 4.94. The van der Waals surface area contributed by atoms with Crippen LogP contribution in [-0.4, -0.2) is 30.9 Å². The zero-order chi connectivity index (χ0) is 12.6. The van der Waals surface area contributed by atoms with Gasteiger partial charge in [-0.1, -0.05) is 43.4 Å². The van der Waals surface area contributed by atoms with Crippen molar-refractivity contribution in [1.82, 2.24) is 0 Å². The van der Waals surface area contributed by atoms with Gasteiger partial charge in [0, 0.05) is 4.43 Å². The Bertz CT molecular complexity index is 273. The van der Waals surface area contributed by atoms with E-state index in [0.717, 1.165) is 4.43 Å². The molecule has 0 unspecified atom stereocenters. The van der Waals surface area contributed by atoms with Crippen LogP contribution in [0.3, 0.4) is 0 Å². The van der Waals surface area contributed by atoms with Gasteiger partial charge in [-0.15, -0.1) is 0 Å². The van der Waals surface area contributed by atoms with E-state index in [1.54, 1.807) is 0 Å². The van der Waals surface area contributed by atoms with Gasteiger partial charge in [-0.25, -0.2) is 0 Å². The first-order valence-corrected chi connectivity index (χ1v) is 10.0. The standard InChI is InChI=1S/C11H21IO3Si/c1-11(2,3)16(4,5)15-8-6-10(13)14-9(8)7-12/h8-9H,6-7H2,1-5H3/t8-,9+/m0/s1. The molecule has 1 fully saturated rings. The Morgan fingerprint density at radius 2 is 2.06 bits per heavy atom. The Labute approximate surface area is 113 Å². The van der Waals surface area contributed by atoms with Crippen molar-refractivity contribution in [1.29, 1.82) is 0 Å². The Morgan fingerprint density at radius 3 is 2.50 bits per heavy atom. The first kappa shape index (κ1) is 14.4. The number of alkyl halides is 1. The van der Waals surface area contributed by atoms with E-state index in [1.807, 2.05) is 0 Å². The molecule has 1 aliphatic rings. The lowest BCUT2D eigenvalue weighted by Crippen LogP contribution is -2.46. The van der Waals surface area contributed by atoms with Crippen LogP contribution in [0, 0.1) is 0 Å². The summed E-state index contributed by atoms with van der Waals surface area (Å²) in [5.41, 5.74) is 0. The van der Waals surface area contributed by atoms with Crippen LogP contribution in [0.2, 0.25) is 18.1 Å². The summed E-state index contributed by atoms with van der Waals surface area (Å²) < 4.78 is 12.3. The predicted octanol–water partition coefficient (Wildman–Crippen LogP) is 3.13. The maximum atomic E-state index is 11.3. The van der Waals surface area contributed by atoms with E-state index in [0.29, 0.717) is 6.42 Å². The lowest BCUT2D eigenvalue weighted by Gasteiger charge is -2.38. The van der Waals surface area contributed by atoms with Crippen LogP contribution in [-0.2, 0) is 14.0 Å². The Morgan fingerprint density at radius 1 is 1.50 bits per heavy atom. The molecular formula is C11H21IO3Si. The molecule has 0 saturated carbocycles. The zero-order valence-electron chi connectivity index (χ0n) is 10.7. The van der Waals surface area contributed by atoms with E-state index in [9.17, 15) is 4.79 Å². The fourth-order valence-electron chi connectivity index (χ4n) is 1.39. The molecule has 16 heavy (non-hydrogen) atoms. The molecule has 1 aliphatic heterocycles. The van der Waals surface area contributed by atoms with Crippen molar-refractivity contribution >= 4 is 36.9 Å². The van der Waals surface area contributed by atoms with Crippen molar-refractivity contribution in [3.05, 3.63) is 0 Å². The van der Waals surface area contributed by atoms with Gasteiger partial charge in [-0.3, -0.25) is 4.79 Å². The average molecular weight is 356 g/mol. The lowest BCUT2D eigenvalue weighted by molar-refractivity contribution is -0.140. The number of carbonyl (C=O) groups is 1. The highest BCUT2D eigenvalue weighted by molar-refractivity contribution is 14.1. The summed E-state index contributed by atoms with van der Waals surface area (Å²) in [5, 5.41) is 0.175. The summed E-state index contributed by atoms with van der Waals surface area (Å²) in [6.45, 7) is 11.0. The zero-order valence-corrected chi connectivity index (χ0v) is 13.8. The van der Waals surface area contributed by atoms with Gasteiger partial charge in [0.2, 0.25) is 0 Å². The van der Waals surface area contributed by atoms with Crippen molar-refractivity contribution in [2.45, 2.75) is 57.5 Å². The molecule has 0 N–H and O–H groups in total. The van der Waals surface area contributed by atoms with Gasteiger partial charge >= 0.3 is 5.97 Å². The molecule has 0 spiro atoms. The molecule has 1 rings (SSSR count). The van der Waals surface area contributed by atoms with Crippen molar-refractivity contribution in [3.8, 4) is 0 Å². The number of cyclic esters (lactones) is 1. The third-order valence-electron chi connectivity index (χ3n) is 3.47. The third-order valence-corrected chi connectivity index (χ3v) is 8.84. The molecule has 0 aliphatic carbocycles. The molecular weight excluding hydrogens is 335 g/mol. The highest BCUT2D eigenvalue weighted by Gasteiger charge is 2.44. The summed E-state index contributed by atoms with van der Waals surface area (Å²) >= 11 is 2.25. The average Bonchev–Trinajstić information content (AvgIpc) is 2.43. The van der Waals surface area contributed by atoms with Gasteiger partial charge in [0.25, 0.3) is 0 Å². The second-order valence-electron chi connectivity index (χ2n) is 5.80. The molecule has 5 heteroatoms. The lowest BCUT2D eigenvalue weighted by atomic mass is 10.2. The van der Waals surface area contributed by atoms with Crippen LogP contribution in [0.1, 0.15) is 27.2 Å². The number of esters is 1. The molecule has 0 bridgehead atoms. The first-order chi connectivity index (χ1) is 7.17. The molecule has 1 saturated heterocycles. The minimum atomic E-state index is -1.79. The Hall–Kier alpha value is 0.377. The summed E-state index contributed by atoms with van der Waals surface area (Å²) in [5.74, 6) is -0.120. The van der Waals surface area contributed by atoms with Gasteiger partial charge in [0.15, 0.2) is 8.32 Å². The highest BCUT2D eigenvalue weighted by atomic mass is 127. The number of rotatable bonds is 3. The van der Waals surface area contributed by atoms with Gasteiger partial charge in [0.05, 0.1) is 12.5 Å². The predicted molar refractivity (Wildman–Crippen MR) is 75.5 cm³/mol. The second-order valence-corrected chi connectivity index (χ2v) is 11.4. The van der Waals surface area contributed by atoms with Crippen molar-refractivity contribution in [2.75, 3.05) is 4.43 Å². The van der Waals surface area contributed by atoms with Crippen LogP contribution in [0.4, 0.5) is 0 Å². The highest BCUT2D eigenvalue weighted by Crippen LogP contribution is 2.39. The fourth-order valence-corrected chi connectivity index (χ4v) is 3.48. The van der Waals surface area contributed by atoms with Crippen LogP contribution >= 0.6 is 22.6 Å². The number of carbonyl (C=O) groups excluding carboxylic acids is 1. The Kier molecular flexibility index (Phi) is 4.45. The van der Waals surface area contributed by atoms with E-state index < -0.39 is 8.32 Å². The van der Waals surface area contributed by atoms with Gasteiger partial charge in [0.1, 0.15) is 6.10 Å². The van der Waals surface area contributed by atoms with E-state index >= 15 is 0 Å². The largest absolute Gasteiger partial charge is 0.459 e. The summed E-state index contributed by atoms with van der Waals surface area (Å²) in [6.07, 6.45) is 0.327. The van der Waals surface area contributed by atoms with Crippen molar-refractivity contribution in [3.63, 3.8) is 0 Å². The quantitative estimate of drug-likeness (QED) is 0.337. The fraction of sp³-hybridized carbons (Fsp3) is 0.909. The van der Waals surface area contributed by atoms with E-state index in [4.69, 9.17) is 9.16 Å². The summed E-state index contributed by atoms with van der Waals surface area (Å²) in [7, 11) is -1.79. The maximum absolute atomic E-state index is 11.3. The number of ether oxygens (including phenoxy) is 1. The number of hydrogen-bond acceptors (Lipinski definition) is 3. The molecule has 0 aromatic heterocycles. The van der Waals surface area contributed by atoms with Crippen LogP contribution in [0.5, 0.6) is 0 Å². The number of halogens is 1. The molecule has 94 valence electrons. The van der Waals surface area contributed by atoms with E-state index in [2.05, 4.69) is 56.5 Å². The monoisotopic (exact) mass is 356 g/mol. The molecule has 0 aromatic carbocycles. The Balaban J connectivity index is 2.70. The summed E-state index contributed by atoms with van der Waals surface area (Å²) in [4.78, 5) is 11.3. The van der Waals surface area contributed by atoms with Crippen LogP contribution < -0.4 is 0 Å². The maximum Gasteiger partial charge on any atom is 0.308 e. The SMILES string of the molecule is CC(C)(C)[Si](C)(C)O[C@H]1CC(=O)O[C@@H]1CI. The van der Waals surface area contributed by atoms with E-state index in [1.165, 1.54) is 0 Å². The van der Waals surface area contributed by atoms with Crippen molar-refractivity contribution in [2.24, 2.45) is 0 Å². The first-order valence-electron chi connectivity index (χ1n) is 5.60. The molecule has 2 atom stereocenters. The topological polar surface area (TPSA) is 35.5 Å². The van der Waals surface area contributed by atoms with Crippen molar-refractivity contribution < 1.29 is 14.0 Å². The van der Waals surface area contributed by atoms with Crippen LogP contribution in [0.15, 0.2) is 0 Å². The minimum absolute atomic E-state index is 0.0368.